The zero-order valence-corrected chi connectivity index (χ0v) is 11.6. The molecule has 104 valence electrons. The zero-order valence-electron chi connectivity index (χ0n) is 11.6. The summed E-state index contributed by atoms with van der Waals surface area (Å²) < 4.78 is 5.06. The fourth-order valence-electron chi connectivity index (χ4n) is 1.47. The van der Waals surface area contributed by atoms with Gasteiger partial charge in [-0.25, -0.2) is 0 Å². The molecule has 19 heavy (non-hydrogen) atoms. The molecule has 0 aliphatic rings. The minimum atomic E-state index is -0.568. The predicted molar refractivity (Wildman–Crippen MR) is 76.0 cm³/mol. The Morgan fingerprint density at radius 1 is 1.42 bits per heavy atom. The minimum absolute atomic E-state index is 0.0778. The first-order valence-corrected chi connectivity index (χ1v) is 6.28. The van der Waals surface area contributed by atoms with E-state index in [1.165, 1.54) is 6.08 Å². The highest BCUT2D eigenvalue weighted by atomic mass is 16.5. The van der Waals surface area contributed by atoms with E-state index in [4.69, 9.17) is 4.74 Å². The number of carbonyl (C=O) groups is 1. The van der Waals surface area contributed by atoms with Gasteiger partial charge in [0.1, 0.15) is 5.75 Å². The number of aliphatic hydroxyl groups excluding tert-OH is 1. The van der Waals surface area contributed by atoms with Crippen molar-refractivity contribution in [3.63, 3.8) is 0 Å². The van der Waals surface area contributed by atoms with E-state index in [0.29, 0.717) is 6.42 Å². The molecule has 4 nitrogen and oxygen atoms in total. The van der Waals surface area contributed by atoms with Crippen LogP contribution in [-0.4, -0.2) is 30.3 Å². The van der Waals surface area contributed by atoms with Gasteiger partial charge in [-0.1, -0.05) is 19.1 Å². The minimum Gasteiger partial charge on any atom is -0.497 e. The van der Waals surface area contributed by atoms with Gasteiger partial charge in [-0.2, -0.15) is 0 Å². The lowest BCUT2D eigenvalue weighted by Gasteiger charge is -2.26. The highest BCUT2D eigenvalue weighted by Crippen LogP contribution is 2.12. The van der Waals surface area contributed by atoms with Crippen molar-refractivity contribution >= 4 is 12.0 Å². The number of hydrogen-bond acceptors (Lipinski definition) is 3. The standard InChI is InChI=1S/C15H21NO3/c1-4-15(2,11-17)16-14(18)10-7-12-5-8-13(19-3)9-6-12/h5-10,17H,4,11H2,1-3H3,(H,16,18). The summed E-state index contributed by atoms with van der Waals surface area (Å²) in [7, 11) is 1.61. The normalized spacial score (nSPS) is 14.1. The van der Waals surface area contributed by atoms with Crippen LogP contribution in [0, 0.1) is 0 Å². The van der Waals surface area contributed by atoms with Crippen molar-refractivity contribution < 1.29 is 14.6 Å². The van der Waals surface area contributed by atoms with Crippen molar-refractivity contribution in [1.82, 2.24) is 5.32 Å². The maximum absolute atomic E-state index is 11.7. The fraction of sp³-hybridized carbons (Fsp3) is 0.400. The molecule has 1 atom stereocenters. The quantitative estimate of drug-likeness (QED) is 0.772. The van der Waals surface area contributed by atoms with Crippen molar-refractivity contribution in [2.75, 3.05) is 13.7 Å². The van der Waals surface area contributed by atoms with Crippen LogP contribution < -0.4 is 10.1 Å². The van der Waals surface area contributed by atoms with E-state index in [1.54, 1.807) is 13.2 Å². The summed E-state index contributed by atoms with van der Waals surface area (Å²) in [6.07, 6.45) is 3.86. The van der Waals surface area contributed by atoms with Crippen molar-refractivity contribution in [2.24, 2.45) is 0 Å². The largest absolute Gasteiger partial charge is 0.497 e. The number of aliphatic hydroxyl groups is 1. The molecular formula is C15H21NO3. The molecule has 1 rings (SSSR count). The highest BCUT2D eigenvalue weighted by molar-refractivity contribution is 5.92. The third kappa shape index (κ3) is 4.75. The summed E-state index contributed by atoms with van der Waals surface area (Å²) in [5.74, 6) is 0.564. The Morgan fingerprint density at radius 3 is 2.53 bits per heavy atom. The molecule has 0 fully saturated rings. The number of amides is 1. The Balaban J connectivity index is 2.62. The SMILES string of the molecule is CCC(C)(CO)NC(=O)C=Cc1ccc(OC)cc1. The van der Waals surface area contributed by atoms with Gasteiger partial charge in [0.25, 0.3) is 0 Å². The smallest absolute Gasteiger partial charge is 0.244 e. The summed E-state index contributed by atoms with van der Waals surface area (Å²) >= 11 is 0. The van der Waals surface area contributed by atoms with Crippen LogP contribution >= 0.6 is 0 Å². The maximum Gasteiger partial charge on any atom is 0.244 e. The number of carbonyl (C=O) groups excluding carboxylic acids is 1. The number of benzene rings is 1. The van der Waals surface area contributed by atoms with E-state index in [1.807, 2.05) is 38.1 Å². The van der Waals surface area contributed by atoms with Crippen molar-refractivity contribution in [3.8, 4) is 5.75 Å². The Labute approximate surface area is 114 Å². The Hall–Kier alpha value is -1.81. The molecule has 4 heteroatoms. The van der Waals surface area contributed by atoms with E-state index in [0.717, 1.165) is 11.3 Å². The third-order valence-electron chi connectivity index (χ3n) is 3.10. The molecular weight excluding hydrogens is 242 g/mol. The van der Waals surface area contributed by atoms with Crippen LogP contribution in [-0.2, 0) is 4.79 Å². The molecule has 1 amide bonds. The topological polar surface area (TPSA) is 58.6 Å². The van der Waals surface area contributed by atoms with Gasteiger partial charge in [-0.05, 0) is 37.1 Å². The molecule has 2 N–H and O–H groups in total. The first-order chi connectivity index (χ1) is 9.03. The lowest BCUT2D eigenvalue weighted by Crippen LogP contribution is -2.47. The molecule has 0 aromatic heterocycles. The average Bonchev–Trinajstić information content (AvgIpc) is 2.45. The summed E-state index contributed by atoms with van der Waals surface area (Å²) in [6, 6.07) is 7.41. The van der Waals surface area contributed by atoms with Crippen molar-refractivity contribution in [3.05, 3.63) is 35.9 Å². The predicted octanol–water partition coefficient (Wildman–Crippen LogP) is 1.99. The van der Waals surface area contributed by atoms with Gasteiger partial charge in [-0.3, -0.25) is 4.79 Å². The molecule has 0 bridgehead atoms. The van der Waals surface area contributed by atoms with Gasteiger partial charge < -0.3 is 15.2 Å². The summed E-state index contributed by atoms with van der Waals surface area (Å²) in [5, 5.41) is 12.0. The van der Waals surface area contributed by atoms with E-state index >= 15 is 0 Å². The summed E-state index contributed by atoms with van der Waals surface area (Å²) in [4.78, 5) is 11.7. The Bertz CT molecular complexity index is 433. The van der Waals surface area contributed by atoms with E-state index in [-0.39, 0.29) is 12.5 Å². The number of ether oxygens (including phenoxy) is 1. The van der Waals surface area contributed by atoms with Crippen LogP contribution in [0.25, 0.3) is 6.08 Å². The van der Waals surface area contributed by atoms with E-state index in [9.17, 15) is 9.90 Å². The second kappa shape index (κ2) is 6.95. The van der Waals surface area contributed by atoms with Crippen LogP contribution in [0.5, 0.6) is 5.75 Å². The second-order valence-corrected chi connectivity index (χ2v) is 4.67. The van der Waals surface area contributed by atoms with Crippen LogP contribution in [0.2, 0.25) is 0 Å². The second-order valence-electron chi connectivity index (χ2n) is 4.67. The Morgan fingerprint density at radius 2 is 2.05 bits per heavy atom. The zero-order chi connectivity index (χ0) is 14.3. The molecule has 1 unspecified atom stereocenters. The molecule has 0 saturated heterocycles. The highest BCUT2D eigenvalue weighted by Gasteiger charge is 2.21. The lowest BCUT2D eigenvalue weighted by molar-refractivity contribution is -0.118. The van der Waals surface area contributed by atoms with Crippen LogP contribution in [0.4, 0.5) is 0 Å². The van der Waals surface area contributed by atoms with Crippen LogP contribution in [0.3, 0.4) is 0 Å². The first kappa shape index (κ1) is 15.2. The van der Waals surface area contributed by atoms with Crippen molar-refractivity contribution in [2.45, 2.75) is 25.8 Å². The Kier molecular flexibility index (Phi) is 5.57. The van der Waals surface area contributed by atoms with Gasteiger partial charge in [0, 0.05) is 6.08 Å². The van der Waals surface area contributed by atoms with Crippen LogP contribution in [0.1, 0.15) is 25.8 Å². The molecule has 0 saturated carbocycles. The third-order valence-corrected chi connectivity index (χ3v) is 3.10. The van der Waals surface area contributed by atoms with Gasteiger partial charge in [0.2, 0.25) is 5.91 Å². The van der Waals surface area contributed by atoms with E-state index in [2.05, 4.69) is 5.32 Å². The molecule has 0 aliphatic carbocycles. The first-order valence-electron chi connectivity index (χ1n) is 6.28. The summed E-state index contributed by atoms with van der Waals surface area (Å²) in [6.45, 7) is 3.65. The number of rotatable bonds is 6. The van der Waals surface area contributed by atoms with Gasteiger partial charge in [0.15, 0.2) is 0 Å². The molecule has 0 spiro atoms. The number of hydrogen-bond donors (Lipinski definition) is 2. The lowest BCUT2D eigenvalue weighted by atomic mass is 10.0. The molecule has 0 radical (unpaired) electrons. The van der Waals surface area contributed by atoms with Gasteiger partial charge in [-0.15, -0.1) is 0 Å². The monoisotopic (exact) mass is 263 g/mol. The molecule has 1 aromatic rings. The molecule has 0 aliphatic heterocycles. The molecule has 1 aromatic carbocycles. The average molecular weight is 263 g/mol. The van der Waals surface area contributed by atoms with E-state index < -0.39 is 5.54 Å². The fourth-order valence-corrected chi connectivity index (χ4v) is 1.47. The van der Waals surface area contributed by atoms with Gasteiger partial charge >= 0.3 is 0 Å². The summed E-state index contributed by atoms with van der Waals surface area (Å²) in [5.41, 5.74) is 0.347. The molecule has 0 heterocycles. The maximum atomic E-state index is 11.7. The number of methoxy groups -OCH3 is 1. The number of nitrogens with one attached hydrogen (secondary N) is 1. The van der Waals surface area contributed by atoms with Crippen molar-refractivity contribution in [1.29, 1.82) is 0 Å². The van der Waals surface area contributed by atoms with Crippen LogP contribution in [0.15, 0.2) is 30.3 Å². The van der Waals surface area contributed by atoms with Gasteiger partial charge in [0.05, 0.1) is 19.3 Å².